The third-order valence-corrected chi connectivity index (χ3v) is 3.83. The molecule has 1 aliphatic carbocycles. The van der Waals surface area contributed by atoms with Gasteiger partial charge in [0, 0.05) is 12.6 Å². The molecule has 5 nitrogen and oxygen atoms in total. The van der Waals surface area contributed by atoms with Crippen molar-refractivity contribution in [3.63, 3.8) is 0 Å². The summed E-state index contributed by atoms with van der Waals surface area (Å²) in [4.78, 5) is 24.8. The number of nitrogens with one attached hydrogen (secondary N) is 1. The first-order chi connectivity index (χ1) is 7.69. The van der Waals surface area contributed by atoms with E-state index in [2.05, 4.69) is 5.32 Å². The first kappa shape index (κ1) is 14.0. The number of amides is 1. The normalized spacial score (nSPS) is 27.6. The molecule has 1 saturated carbocycles. The summed E-state index contributed by atoms with van der Waals surface area (Å²) >= 11 is 0. The van der Waals surface area contributed by atoms with Crippen molar-refractivity contribution in [2.75, 3.05) is 20.6 Å². The van der Waals surface area contributed by atoms with Crippen molar-refractivity contribution in [2.24, 2.45) is 17.3 Å². The fourth-order valence-corrected chi connectivity index (χ4v) is 2.13. The highest BCUT2D eigenvalue weighted by Gasteiger charge is 2.65. The molecule has 0 heterocycles. The molecule has 2 N–H and O–H groups in total. The average molecular weight is 242 g/mol. The van der Waals surface area contributed by atoms with Gasteiger partial charge in [0.1, 0.15) is 0 Å². The lowest BCUT2D eigenvalue weighted by molar-refractivity contribution is -0.140. The number of aliphatic carboxylic acids is 1. The monoisotopic (exact) mass is 242 g/mol. The molecule has 0 aliphatic heterocycles. The number of likely N-dealkylation sites (N-methyl/N-ethyl adjacent to an activating group) is 1. The van der Waals surface area contributed by atoms with Crippen molar-refractivity contribution in [3.8, 4) is 0 Å². The minimum Gasteiger partial charge on any atom is -0.481 e. The van der Waals surface area contributed by atoms with Crippen LogP contribution in [-0.2, 0) is 9.59 Å². The second-order valence-electron chi connectivity index (χ2n) is 5.67. The highest BCUT2D eigenvalue weighted by atomic mass is 16.4. The maximum Gasteiger partial charge on any atom is 0.307 e. The van der Waals surface area contributed by atoms with Gasteiger partial charge in [0.25, 0.3) is 0 Å². The van der Waals surface area contributed by atoms with Gasteiger partial charge in [-0.25, -0.2) is 0 Å². The fraction of sp³-hybridized carbons (Fsp3) is 0.833. The number of hydrogen-bond donors (Lipinski definition) is 2. The SMILES string of the molecule is CC(CNC(=O)C1C(C(=O)O)C1(C)C)N(C)C. The van der Waals surface area contributed by atoms with Crippen molar-refractivity contribution in [1.82, 2.24) is 10.2 Å². The third-order valence-electron chi connectivity index (χ3n) is 3.83. The molecule has 0 radical (unpaired) electrons. The van der Waals surface area contributed by atoms with E-state index in [4.69, 9.17) is 5.11 Å². The van der Waals surface area contributed by atoms with Crippen molar-refractivity contribution < 1.29 is 14.7 Å². The highest BCUT2D eigenvalue weighted by Crippen LogP contribution is 2.58. The second-order valence-corrected chi connectivity index (χ2v) is 5.67. The molecule has 1 rings (SSSR count). The molecule has 1 aliphatic rings. The van der Waals surface area contributed by atoms with Crippen LogP contribution in [0.5, 0.6) is 0 Å². The van der Waals surface area contributed by atoms with E-state index in [0.717, 1.165) is 0 Å². The zero-order valence-electron chi connectivity index (χ0n) is 11.2. The Bertz CT molecular complexity index is 326. The number of carboxylic acid groups (broad SMARTS) is 1. The molecule has 0 saturated heterocycles. The molecule has 3 atom stereocenters. The Morgan fingerprint density at radius 2 is 1.88 bits per heavy atom. The second kappa shape index (κ2) is 4.64. The van der Waals surface area contributed by atoms with Crippen LogP contribution in [0.25, 0.3) is 0 Å². The van der Waals surface area contributed by atoms with E-state index >= 15 is 0 Å². The minimum absolute atomic E-state index is 0.142. The summed E-state index contributed by atoms with van der Waals surface area (Å²) in [6, 6.07) is 0.240. The van der Waals surface area contributed by atoms with Crippen molar-refractivity contribution >= 4 is 11.9 Å². The van der Waals surface area contributed by atoms with Gasteiger partial charge in [-0.05, 0) is 26.4 Å². The van der Waals surface area contributed by atoms with Crippen LogP contribution >= 0.6 is 0 Å². The molecule has 0 aromatic rings. The van der Waals surface area contributed by atoms with Gasteiger partial charge in [-0.15, -0.1) is 0 Å². The quantitative estimate of drug-likeness (QED) is 0.732. The maximum absolute atomic E-state index is 11.9. The predicted molar refractivity (Wildman–Crippen MR) is 64.6 cm³/mol. The van der Waals surface area contributed by atoms with Crippen molar-refractivity contribution in [2.45, 2.75) is 26.8 Å². The number of carbonyl (C=O) groups excluding carboxylic acids is 1. The van der Waals surface area contributed by atoms with Gasteiger partial charge in [-0.2, -0.15) is 0 Å². The Morgan fingerprint density at radius 1 is 1.35 bits per heavy atom. The molecule has 0 aromatic carbocycles. The maximum atomic E-state index is 11.9. The molecule has 5 heteroatoms. The summed E-state index contributed by atoms with van der Waals surface area (Å²) in [5.74, 6) is -1.96. The lowest BCUT2D eigenvalue weighted by atomic mass is 10.1. The largest absolute Gasteiger partial charge is 0.481 e. The van der Waals surface area contributed by atoms with E-state index in [9.17, 15) is 9.59 Å². The van der Waals surface area contributed by atoms with Gasteiger partial charge in [0.2, 0.25) is 5.91 Å². The lowest BCUT2D eigenvalue weighted by Gasteiger charge is -2.20. The molecular weight excluding hydrogens is 220 g/mol. The van der Waals surface area contributed by atoms with Gasteiger partial charge in [0.05, 0.1) is 11.8 Å². The summed E-state index contributed by atoms with van der Waals surface area (Å²) in [6.45, 7) is 6.20. The Labute approximate surface area is 102 Å². The molecule has 3 unspecified atom stereocenters. The van der Waals surface area contributed by atoms with Crippen LogP contribution in [0.15, 0.2) is 0 Å². The van der Waals surface area contributed by atoms with Gasteiger partial charge >= 0.3 is 5.97 Å². The first-order valence-electron chi connectivity index (χ1n) is 5.86. The Kier molecular flexibility index (Phi) is 3.81. The number of rotatable bonds is 5. The van der Waals surface area contributed by atoms with Crippen molar-refractivity contribution in [3.05, 3.63) is 0 Å². The molecule has 0 bridgehead atoms. The molecule has 0 aromatic heterocycles. The van der Waals surface area contributed by atoms with Crippen LogP contribution in [0.4, 0.5) is 0 Å². The van der Waals surface area contributed by atoms with E-state index in [-0.39, 0.29) is 11.9 Å². The Balaban J connectivity index is 2.48. The standard InChI is InChI=1S/C12H22N2O3/c1-7(14(4)5)6-13-10(15)8-9(11(16)17)12(8,2)3/h7-9H,6H2,1-5H3,(H,13,15)(H,16,17). The average Bonchev–Trinajstić information content (AvgIpc) is 2.77. The van der Waals surface area contributed by atoms with Gasteiger partial charge in [-0.1, -0.05) is 13.8 Å². The number of carboxylic acids is 1. The van der Waals surface area contributed by atoms with Crippen LogP contribution in [0.3, 0.4) is 0 Å². The van der Waals surface area contributed by atoms with Crippen molar-refractivity contribution in [1.29, 1.82) is 0 Å². The summed E-state index contributed by atoms with van der Waals surface area (Å²) in [6.07, 6.45) is 0. The van der Waals surface area contributed by atoms with E-state index < -0.39 is 23.2 Å². The zero-order chi connectivity index (χ0) is 13.4. The van der Waals surface area contributed by atoms with Gasteiger partial charge in [-0.3, -0.25) is 9.59 Å². The van der Waals surface area contributed by atoms with Crippen LogP contribution in [-0.4, -0.2) is 48.6 Å². The number of hydrogen-bond acceptors (Lipinski definition) is 3. The van der Waals surface area contributed by atoms with Crippen LogP contribution in [0.1, 0.15) is 20.8 Å². The van der Waals surface area contributed by atoms with Gasteiger partial charge in [0.15, 0.2) is 0 Å². The first-order valence-corrected chi connectivity index (χ1v) is 5.86. The zero-order valence-corrected chi connectivity index (χ0v) is 11.2. The van der Waals surface area contributed by atoms with E-state index in [0.29, 0.717) is 6.54 Å². The third kappa shape index (κ3) is 2.77. The molecule has 17 heavy (non-hydrogen) atoms. The van der Waals surface area contributed by atoms with Crippen LogP contribution in [0, 0.1) is 17.3 Å². The minimum atomic E-state index is -0.879. The summed E-state index contributed by atoms with van der Waals surface area (Å²) in [5.41, 5.74) is -0.419. The topological polar surface area (TPSA) is 69.6 Å². The van der Waals surface area contributed by atoms with E-state index in [1.807, 2.05) is 39.8 Å². The molecule has 0 spiro atoms. The number of carbonyl (C=O) groups is 2. The predicted octanol–water partition coefficient (Wildman–Crippen LogP) is 0.410. The van der Waals surface area contributed by atoms with E-state index in [1.54, 1.807) is 0 Å². The molecule has 1 fully saturated rings. The number of nitrogens with zero attached hydrogens (tertiary/aromatic N) is 1. The summed E-state index contributed by atoms with van der Waals surface area (Å²) in [5, 5.41) is 11.8. The fourth-order valence-electron chi connectivity index (χ4n) is 2.13. The molecular formula is C12H22N2O3. The Morgan fingerprint density at radius 3 is 2.24 bits per heavy atom. The Hall–Kier alpha value is -1.10. The van der Waals surface area contributed by atoms with Crippen LogP contribution in [0.2, 0.25) is 0 Å². The summed E-state index contributed by atoms with van der Waals surface area (Å²) < 4.78 is 0. The molecule has 1 amide bonds. The summed E-state index contributed by atoms with van der Waals surface area (Å²) in [7, 11) is 3.88. The smallest absolute Gasteiger partial charge is 0.307 e. The van der Waals surface area contributed by atoms with Crippen LogP contribution < -0.4 is 5.32 Å². The lowest BCUT2D eigenvalue weighted by Crippen LogP contribution is -2.39. The molecule has 98 valence electrons. The van der Waals surface area contributed by atoms with E-state index in [1.165, 1.54) is 0 Å². The highest BCUT2D eigenvalue weighted by molar-refractivity contribution is 5.91. The van der Waals surface area contributed by atoms with Gasteiger partial charge < -0.3 is 15.3 Å².